The molecule has 2 aliphatic rings. The van der Waals surface area contributed by atoms with Gasteiger partial charge in [0.1, 0.15) is 11.5 Å². The molecule has 0 N–H and O–H groups in total. The van der Waals surface area contributed by atoms with Crippen LogP contribution in [0, 0.1) is 0 Å². The molecule has 0 saturated carbocycles. The molecule has 3 heterocycles. The summed E-state index contributed by atoms with van der Waals surface area (Å²) in [5, 5.41) is 0. The summed E-state index contributed by atoms with van der Waals surface area (Å²) in [4.78, 5) is 15.0. The van der Waals surface area contributed by atoms with Crippen molar-refractivity contribution < 1.29 is 4.74 Å². The van der Waals surface area contributed by atoms with Gasteiger partial charge in [0.2, 0.25) is 0 Å². The Kier molecular flexibility index (Phi) is 8.80. The van der Waals surface area contributed by atoms with E-state index in [1.54, 1.807) is 6.20 Å². The topological polar surface area (TPSA) is 47.9 Å². The highest BCUT2D eigenvalue weighted by atomic mass is 16.5. The number of hydrogen-bond donors (Lipinski definition) is 0. The van der Waals surface area contributed by atoms with Crippen LogP contribution < -0.4 is 4.74 Å². The summed E-state index contributed by atoms with van der Waals surface area (Å²) in [7, 11) is 0. The SMILES string of the molecule is CC1(C)c2ccccc2-c2cc3c(cc21)Oc1ccccc1-c1ccccc1-c1ccccc1-c1ccc(-c2nc(-c4ccccc4)cc(-c4ccc(-c5cccnc5)cc4)n2)cc1-3. The maximum absolute atomic E-state index is 7.31. The average molecular weight is 820 g/mol. The Morgan fingerprint density at radius 1 is 0.344 bits per heavy atom. The number of ether oxygens (including phenoxy) is 1. The number of fused-ring (bicyclic) bond motifs is 12. The molecule has 2 aromatic heterocycles. The summed E-state index contributed by atoms with van der Waals surface area (Å²) < 4.78 is 7.31. The molecule has 0 amide bonds. The summed E-state index contributed by atoms with van der Waals surface area (Å²) in [6, 6.07) is 71.2. The molecule has 0 bridgehead atoms. The Hall–Kier alpha value is -8.21. The Morgan fingerprint density at radius 3 is 1.58 bits per heavy atom. The smallest absolute Gasteiger partial charge is 0.160 e. The zero-order valence-electron chi connectivity index (χ0n) is 35.5. The Bertz CT molecular complexity index is 3430. The van der Waals surface area contributed by atoms with E-state index in [0.717, 1.165) is 95.2 Å². The molecule has 0 spiro atoms. The van der Waals surface area contributed by atoms with Crippen LogP contribution in [0.4, 0.5) is 0 Å². The first kappa shape index (κ1) is 37.5. The minimum Gasteiger partial charge on any atom is -0.456 e. The average Bonchev–Trinajstić information content (AvgIpc) is 3.58. The largest absolute Gasteiger partial charge is 0.456 e. The first-order chi connectivity index (χ1) is 31.5. The molecule has 0 saturated heterocycles. The third-order valence-corrected chi connectivity index (χ3v) is 13.1. The van der Waals surface area contributed by atoms with Crippen molar-refractivity contribution in [2.75, 3.05) is 0 Å². The molecule has 4 nitrogen and oxygen atoms in total. The van der Waals surface area contributed by atoms with Crippen LogP contribution >= 0.6 is 0 Å². The van der Waals surface area contributed by atoms with E-state index in [0.29, 0.717) is 5.82 Å². The molecule has 8 aromatic carbocycles. The number of rotatable bonds is 4. The Morgan fingerprint density at radius 2 is 0.891 bits per heavy atom. The van der Waals surface area contributed by atoms with Crippen molar-refractivity contribution in [1.29, 1.82) is 0 Å². The number of benzene rings is 8. The van der Waals surface area contributed by atoms with Crippen LogP contribution in [0.25, 0.3) is 101 Å². The Labute approximate surface area is 373 Å². The monoisotopic (exact) mass is 819 g/mol. The molecule has 0 atom stereocenters. The van der Waals surface area contributed by atoms with Crippen molar-refractivity contribution in [2.24, 2.45) is 0 Å². The predicted octanol–water partition coefficient (Wildman–Crippen LogP) is 15.6. The highest BCUT2D eigenvalue weighted by Gasteiger charge is 2.37. The second-order valence-corrected chi connectivity index (χ2v) is 17.2. The van der Waals surface area contributed by atoms with Gasteiger partial charge in [-0.25, -0.2) is 9.97 Å². The molecule has 12 rings (SSSR count). The number of nitrogens with zero attached hydrogens (tertiary/aromatic N) is 3. The number of pyridine rings is 1. The molecular weight excluding hydrogens is 779 g/mol. The second kappa shape index (κ2) is 15.0. The van der Waals surface area contributed by atoms with Crippen LogP contribution in [0.3, 0.4) is 0 Å². The van der Waals surface area contributed by atoms with Gasteiger partial charge in [-0.3, -0.25) is 4.98 Å². The lowest BCUT2D eigenvalue weighted by atomic mass is 9.81. The van der Waals surface area contributed by atoms with Gasteiger partial charge >= 0.3 is 0 Å². The molecular formula is C60H41N3O. The maximum atomic E-state index is 7.31. The van der Waals surface area contributed by atoms with Crippen molar-refractivity contribution in [1.82, 2.24) is 15.0 Å². The van der Waals surface area contributed by atoms with E-state index in [-0.39, 0.29) is 5.41 Å². The van der Waals surface area contributed by atoms with Gasteiger partial charge in [0, 0.05) is 45.6 Å². The van der Waals surface area contributed by atoms with E-state index in [1.807, 2.05) is 18.3 Å². The van der Waals surface area contributed by atoms with E-state index in [4.69, 9.17) is 14.7 Å². The van der Waals surface area contributed by atoms with Crippen LogP contribution in [0.1, 0.15) is 25.0 Å². The second-order valence-electron chi connectivity index (χ2n) is 17.2. The van der Waals surface area contributed by atoms with Crippen molar-refractivity contribution in [3.63, 3.8) is 0 Å². The van der Waals surface area contributed by atoms with Gasteiger partial charge in [0.15, 0.2) is 5.82 Å². The third-order valence-electron chi connectivity index (χ3n) is 13.1. The Balaban J connectivity index is 1.13. The van der Waals surface area contributed by atoms with Crippen molar-refractivity contribution in [3.05, 3.63) is 224 Å². The molecule has 302 valence electrons. The fourth-order valence-corrected chi connectivity index (χ4v) is 9.81. The fraction of sp³-hybridized carbons (Fsp3) is 0.0500. The molecule has 1 aliphatic carbocycles. The van der Waals surface area contributed by atoms with E-state index in [9.17, 15) is 0 Å². The molecule has 10 aromatic rings. The van der Waals surface area contributed by atoms with E-state index >= 15 is 0 Å². The highest BCUT2D eigenvalue weighted by molar-refractivity contribution is 6.00. The van der Waals surface area contributed by atoms with Gasteiger partial charge < -0.3 is 4.74 Å². The van der Waals surface area contributed by atoms with Gasteiger partial charge in [0.05, 0.1) is 11.4 Å². The van der Waals surface area contributed by atoms with Gasteiger partial charge in [-0.15, -0.1) is 0 Å². The van der Waals surface area contributed by atoms with Crippen LogP contribution in [0.2, 0.25) is 0 Å². The van der Waals surface area contributed by atoms with Crippen LogP contribution in [0.15, 0.2) is 213 Å². The van der Waals surface area contributed by atoms with Gasteiger partial charge in [0.25, 0.3) is 0 Å². The van der Waals surface area contributed by atoms with Crippen LogP contribution in [-0.2, 0) is 5.41 Å². The summed E-state index contributed by atoms with van der Waals surface area (Å²) in [6.45, 7) is 4.64. The van der Waals surface area contributed by atoms with Crippen molar-refractivity contribution in [2.45, 2.75) is 19.3 Å². The van der Waals surface area contributed by atoms with Gasteiger partial charge in [-0.1, -0.05) is 178 Å². The summed E-state index contributed by atoms with van der Waals surface area (Å²) in [5.41, 5.74) is 20.3. The number of hydrogen-bond acceptors (Lipinski definition) is 4. The molecule has 0 unspecified atom stereocenters. The lowest BCUT2D eigenvalue weighted by Crippen LogP contribution is -2.15. The first-order valence-electron chi connectivity index (χ1n) is 21.8. The third kappa shape index (κ3) is 6.26. The predicted molar refractivity (Wildman–Crippen MR) is 261 cm³/mol. The minimum absolute atomic E-state index is 0.224. The molecule has 0 fully saturated rings. The number of aromatic nitrogens is 3. The van der Waals surface area contributed by atoms with Crippen LogP contribution in [0.5, 0.6) is 11.5 Å². The van der Waals surface area contributed by atoms with Gasteiger partial charge in [-0.2, -0.15) is 0 Å². The molecule has 4 heteroatoms. The van der Waals surface area contributed by atoms with Gasteiger partial charge in [-0.05, 0) is 103 Å². The zero-order chi connectivity index (χ0) is 42.8. The summed E-state index contributed by atoms with van der Waals surface area (Å²) in [6.07, 6.45) is 3.69. The fourth-order valence-electron chi connectivity index (χ4n) is 9.81. The van der Waals surface area contributed by atoms with E-state index < -0.39 is 0 Å². The lowest BCUT2D eigenvalue weighted by Gasteiger charge is -2.24. The normalized spacial score (nSPS) is 12.8. The molecule has 64 heavy (non-hydrogen) atoms. The summed E-state index contributed by atoms with van der Waals surface area (Å²) in [5.74, 6) is 2.25. The molecule has 0 radical (unpaired) electrons. The first-order valence-corrected chi connectivity index (χ1v) is 21.8. The quantitative estimate of drug-likeness (QED) is 0.177. The van der Waals surface area contributed by atoms with Crippen molar-refractivity contribution in [3.8, 4) is 112 Å². The molecule has 1 aliphatic heterocycles. The lowest BCUT2D eigenvalue weighted by molar-refractivity contribution is 0.484. The number of para-hydroxylation sites is 1. The van der Waals surface area contributed by atoms with E-state index in [2.05, 4.69) is 207 Å². The van der Waals surface area contributed by atoms with Crippen molar-refractivity contribution >= 4 is 0 Å². The maximum Gasteiger partial charge on any atom is 0.160 e. The summed E-state index contributed by atoms with van der Waals surface area (Å²) >= 11 is 0. The highest BCUT2D eigenvalue weighted by Crippen LogP contribution is 2.55. The van der Waals surface area contributed by atoms with E-state index in [1.165, 1.54) is 22.3 Å². The zero-order valence-corrected chi connectivity index (χ0v) is 35.5. The minimum atomic E-state index is -0.224. The standard InChI is InChI=1S/C60H41N3O/c1-60(2)53-24-12-10-22-48(53)51-34-52-50-33-41(59-62-55(39-15-4-3-5-16-39)36-56(63-59)40-28-26-38(27-29-40)42-17-14-32-61-37-42)30-31-47(50)45-20-7-6-18-43(45)44-19-8-9-21-46(44)49-23-11-13-25-57(49)64-58(52)35-54(51)60/h3-37H,1-2H3. The van der Waals surface area contributed by atoms with Crippen LogP contribution in [-0.4, -0.2) is 15.0 Å².